The van der Waals surface area contributed by atoms with E-state index in [0.29, 0.717) is 0 Å². The fourth-order valence-electron chi connectivity index (χ4n) is 2.26. The number of nitrogens with zero attached hydrogens (tertiary/aromatic N) is 1. The number of carbonyl (C=O) groups excluding carboxylic acids is 2. The Hall–Kier alpha value is -2.13. The number of halogens is 3. The number of hydrogen-bond donors (Lipinski definition) is 0. The van der Waals surface area contributed by atoms with Crippen molar-refractivity contribution in [2.24, 2.45) is 0 Å². The highest BCUT2D eigenvalue weighted by molar-refractivity contribution is 8.14. The fraction of sp³-hybridized carbons (Fsp3) is 0.222. The molecule has 0 aliphatic carbocycles. The van der Waals surface area contributed by atoms with Gasteiger partial charge in [0.15, 0.2) is 21.9 Å². The van der Waals surface area contributed by atoms with Crippen molar-refractivity contribution in [3.63, 3.8) is 0 Å². The Balaban J connectivity index is 2.30. The minimum atomic E-state index is -4.59. The summed E-state index contributed by atoms with van der Waals surface area (Å²) in [6.07, 6.45) is -4.59. The predicted octanol–water partition coefficient (Wildman–Crippen LogP) is 4.33. The van der Waals surface area contributed by atoms with E-state index in [1.165, 1.54) is 56.4 Å². The molecular weight excluding hydrogens is 399 g/mol. The van der Waals surface area contributed by atoms with Gasteiger partial charge in [-0.25, -0.2) is 4.21 Å². The summed E-state index contributed by atoms with van der Waals surface area (Å²) in [5, 5.41) is -0.202. The second-order valence-electron chi connectivity index (χ2n) is 5.49. The highest BCUT2D eigenvalue weighted by atomic mass is 32.2. The van der Waals surface area contributed by atoms with Crippen LogP contribution < -0.4 is 4.31 Å². The minimum Gasteiger partial charge on any atom is -0.293 e. The largest absolute Gasteiger partial charge is 0.418 e. The lowest BCUT2D eigenvalue weighted by molar-refractivity contribution is -0.137. The van der Waals surface area contributed by atoms with Gasteiger partial charge in [-0.1, -0.05) is 36.0 Å². The average Bonchev–Trinajstić information content (AvgIpc) is 2.64. The predicted molar refractivity (Wildman–Crippen MR) is 100 cm³/mol. The molecule has 0 bridgehead atoms. The first-order valence-electron chi connectivity index (χ1n) is 7.69. The number of benzene rings is 2. The Morgan fingerprint density at radius 1 is 1.11 bits per heavy atom. The Labute approximate surface area is 161 Å². The topological polar surface area (TPSA) is 54.5 Å². The van der Waals surface area contributed by atoms with Gasteiger partial charge in [-0.2, -0.15) is 13.2 Å². The van der Waals surface area contributed by atoms with E-state index in [2.05, 4.69) is 0 Å². The third-order valence-electron chi connectivity index (χ3n) is 3.56. The highest BCUT2D eigenvalue weighted by Crippen LogP contribution is 2.37. The number of para-hydroxylation sites is 1. The van der Waals surface area contributed by atoms with Gasteiger partial charge in [-0.05, 0) is 24.3 Å². The van der Waals surface area contributed by atoms with Gasteiger partial charge >= 0.3 is 6.18 Å². The van der Waals surface area contributed by atoms with Crippen LogP contribution in [0.2, 0.25) is 0 Å². The monoisotopic (exact) mass is 415 g/mol. The van der Waals surface area contributed by atoms with Crippen molar-refractivity contribution >= 4 is 39.3 Å². The van der Waals surface area contributed by atoms with Gasteiger partial charge in [0.2, 0.25) is 0 Å². The number of hydrogen-bond acceptors (Lipinski definition) is 4. The number of ketones is 1. The number of anilines is 1. The number of Topliss-reactive ketones (excluding diaryl/α,β-unsaturated/α-hetero) is 1. The zero-order valence-electron chi connectivity index (χ0n) is 14.4. The molecule has 0 aromatic heterocycles. The molecule has 0 N–H and O–H groups in total. The Morgan fingerprint density at radius 3 is 2.41 bits per heavy atom. The summed E-state index contributed by atoms with van der Waals surface area (Å²) < 4.78 is 53.4. The zero-order valence-corrected chi connectivity index (χ0v) is 16.1. The molecule has 0 fully saturated rings. The summed E-state index contributed by atoms with van der Waals surface area (Å²) in [6, 6.07) is 10.7. The van der Waals surface area contributed by atoms with Gasteiger partial charge in [0.05, 0.1) is 21.9 Å². The molecule has 2 rings (SSSR count). The van der Waals surface area contributed by atoms with Crippen molar-refractivity contribution in [3.05, 3.63) is 59.7 Å². The van der Waals surface area contributed by atoms with E-state index in [-0.39, 0.29) is 32.8 Å². The first kappa shape index (κ1) is 21.2. The van der Waals surface area contributed by atoms with E-state index in [1.54, 1.807) is 0 Å². The smallest absolute Gasteiger partial charge is 0.293 e. The molecule has 0 amide bonds. The summed E-state index contributed by atoms with van der Waals surface area (Å²) in [6.45, 7) is 1.34. The van der Waals surface area contributed by atoms with Crippen LogP contribution in [0, 0.1) is 0 Å². The molecule has 0 radical (unpaired) electrons. The molecule has 2 aromatic carbocycles. The van der Waals surface area contributed by atoms with Gasteiger partial charge in [0, 0.05) is 19.5 Å². The Bertz CT molecular complexity index is 884. The van der Waals surface area contributed by atoms with Gasteiger partial charge < -0.3 is 0 Å². The van der Waals surface area contributed by atoms with Crippen LogP contribution in [0.1, 0.15) is 22.8 Å². The summed E-state index contributed by atoms with van der Waals surface area (Å²) in [5.41, 5.74) is -0.884. The van der Waals surface area contributed by atoms with E-state index in [1.807, 2.05) is 0 Å². The lowest BCUT2D eigenvalue weighted by Gasteiger charge is -2.22. The molecule has 0 aliphatic heterocycles. The standard InChI is InChI=1S/C18H16F3NO3S2/c1-12(23)26-11-17(24)13-6-5-7-14(10-13)27(25)22(2)16-9-4-3-8-15(16)18(19,20)21/h3-10H,11H2,1-2H3. The number of rotatable bonds is 6. The number of alkyl halides is 3. The summed E-state index contributed by atoms with van der Waals surface area (Å²) in [4.78, 5) is 23.3. The molecular formula is C18H16F3NO3S2. The Kier molecular flexibility index (Phi) is 6.83. The molecule has 0 saturated heterocycles. The zero-order chi connectivity index (χ0) is 20.2. The van der Waals surface area contributed by atoms with Crippen molar-refractivity contribution in [1.29, 1.82) is 0 Å². The quantitative estimate of drug-likeness (QED) is 0.659. The van der Waals surface area contributed by atoms with Crippen LogP contribution in [0.3, 0.4) is 0 Å². The summed E-state index contributed by atoms with van der Waals surface area (Å²) >= 11 is 0.857. The third-order valence-corrected chi connectivity index (χ3v) is 5.73. The normalized spacial score (nSPS) is 12.5. The third kappa shape index (κ3) is 5.43. The van der Waals surface area contributed by atoms with Crippen molar-refractivity contribution in [2.45, 2.75) is 18.0 Å². The van der Waals surface area contributed by atoms with Crippen LogP contribution >= 0.6 is 11.8 Å². The van der Waals surface area contributed by atoms with Crippen LogP contribution in [0.4, 0.5) is 18.9 Å². The van der Waals surface area contributed by atoms with Gasteiger partial charge in [-0.15, -0.1) is 0 Å². The van der Waals surface area contributed by atoms with E-state index in [4.69, 9.17) is 0 Å². The number of thioether (sulfide) groups is 1. The molecule has 144 valence electrons. The van der Waals surface area contributed by atoms with Gasteiger partial charge in [0.25, 0.3) is 0 Å². The lowest BCUT2D eigenvalue weighted by Crippen LogP contribution is -2.24. The average molecular weight is 415 g/mol. The van der Waals surface area contributed by atoms with E-state index in [0.717, 1.165) is 22.1 Å². The van der Waals surface area contributed by atoms with Crippen LogP contribution in [0.25, 0.3) is 0 Å². The van der Waals surface area contributed by atoms with Crippen LogP contribution in [0.15, 0.2) is 53.4 Å². The molecule has 0 saturated carbocycles. The fourth-order valence-corrected chi connectivity index (χ4v) is 3.84. The molecule has 1 unspecified atom stereocenters. The van der Waals surface area contributed by atoms with E-state index < -0.39 is 22.7 Å². The summed E-state index contributed by atoms with van der Waals surface area (Å²) in [5.74, 6) is -0.384. The van der Waals surface area contributed by atoms with Crippen molar-refractivity contribution in [3.8, 4) is 0 Å². The molecule has 2 aromatic rings. The first-order chi connectivity index (χ1) is 12.6. The van der Waals surface area contributed by atoms with Gasteiger partial charge in [0.1, 0.15) is 0 Å². The van der Waals surface area contributed by atoms with Crippen LogP contribution in [-0.2, 0) is 22.0 Å². The van der Waals surface area contributed by atoms with Gasteiger partial charge in [-0.3, -0.25) is 13.9 Å². The van der Waals surface area contributed by atoms with Crippen molar-refractivity contribution in [1.82, 2.24) is 0 Å². The molecule has 0 aliphatic rings. The molecule has 1 atom stereocenters. The minimum absolute atomic E-state index is 0.0574. The van der Waals surface area contributed by atoms with E-state index in [9.17, 15) is 27.0 Å². The van der Waals surface area contributed by atoms with Crippen LogP contribution in [-0.4, -0.2) is 27.9 Å². The maximum Gasteiger partial charge on any atom is 0.418 e. The second kappa shape index (κ2) is 8.71. The molecule has 27 heavy (non-hydrogen) atoms. The molecule has 9 heteroatoms. The lowest BCUT2D eigenvalue weighted by atomic mass is 10.1. The SMILES string of the molecule is CC(=O)SCC(=O)c1cccc(S(=O)N(C)c2ccccc2C(F)(F)F)c1. The van der Waals surface area contributed by atoms with Crippen molar-refractivity contribution in [2.75, 3.05) is 17.1 Å². The molecule has 0 spiro atoms. The molecule has 0 heterocycles. The first-order valence-corrected chi connectivity index (χ1v) is 9.79. The number of carbonyl (C=O) groups is 2. The second-order valence-corrected chi connectivity index (χ2v) is 8.16. The highest BCUT2D eigenvalue weighted by Gasteiger charge is 2.35. The van der Waals surface area contributed by atoms with Crippen LogP contribution in [0.5, 0.6) is 0 Å². The maximum absolute atomic E-state index is 13.2. The molecule has 4 nitrogen and oxygen atoms in total. The Morgan fingerprint density at radius 2 is 1.78 bits per heavy atom. The summed E-state index contributed by atoms with van der Waals surface area (Å²) in [7, 11) is -0.664. The van der Waals surface area contributed by atoms with E-state index >= 15 is 0 Å². The maximum atomic E-state index is 13.2. The van der Waals surface area contributed by atoms with Crippen molar-refractivity contribution < 1.29 is 27.0 Å².